The summed E-state index contributed by atoms with van der Waals surface area (Å²) in [6, 6.07) is 41.0. The molecule has 6 aromatic carbocycles. The Kier molecular flexibility index (Phi) is 2.68. The van der Waals surface area contributed by atoms with Crippen molar-refractivity contribution in [3.63, 3.8) is 0 Å². The van der Waals surface area contributed by atoms with E-state index in [1.54, 1.807) is 0 Å². The van der Waals surface area contributed by atoms with E-state index in [4.69, 9.17) is 0 Å². The lowest BCUT2D eigenvalue weighted by Crippen LogP contribution is -2.30. The molecule has 0 heterocycles. The van der Waals surface area contributed by atoms with Gasteiger partial charge in [-0.25, -0.2) is 0 Å². The summed E-state index contributed by atoms with van der Waals surface area (Å²) in [5.74, 6) is 0. The minimum absolute atomic E-state index is 0.283. The van der Waals surface area contributed by atoms with E-state index in [1.807, 2.05) is 0 Å². The minimum atomic E-state index is -0.283. The third-order valence-electron chi connectivity index (χ3n) is 7.63. The van der Waals surface area contributed by atoms with Gasteiger partial charge in [0.25, 0.3) is 0 Å². The Labute approximate surface area is 180 Å². The molecule has 0 heteroatoms. The van der Waals surface area contributed by atoms with Crippen molar-refractivity contribution in [2.45, 2.75) is 5.41 Å². The summed E-state index contributed by atoms with van der Waals surface area (Å²) in [5, 5.41) is 8.22. The predicted octanol–water partition coefficient (Wildman–Crippen LogP) is 7.82. The van der Waals surface area contributed by atoms with E-state index in [-0.39, 0.29) is 5.41 Å². The van der Waals surface area contributed by atoms with Crippen LogP contribution in [-0.4, -0.2) is 0 Å². The minimum Gasteiger partial charge on any atom is -0.0619 e. The van der Waals surface area contributed by atoms with Crippen molar-refractivity contribution in [3.8, 4) is 11.1 Å². The highest BCUT2D eigenvalue weighted by atomic mass is 14.5. The second-order valence-corrected chi connectivity index (χ2v) is 8.88. The molecular formula is C31H18. The van der Waals surface area contributed by atoms with Crippen LogP contribution in [0.2, 0.25) is 0 Å². The van der Waals surface area contributed by atoms with Crippen molar-refractivity contribution < 1.29 is 0 Å². The fraction of sp³-hybridized carbons (Fsp3) is 0.0323. The smallest absolute Gasteiger partial charge is 0.0619 e. The quantitative estimate of drug-likeness (QED) is 0.232. The van der Waals surface area contributed by atoms with Gasteiger partial charge in [0.05, 0.1) is 5.41 Å². The van der Waals surface area contributed by atoms with Gasteiger partial charge in [0, 0.05) is 0 Å². The van der Waals surface area contributed by atoms with Gasteiger partial charge in [-0.2, -0.15) is 0 Å². The van der Waals surface area contributed by atoms with Crippen LogP contribution in [0.15, 0.2) is 109 Å². The van der Waals surface area contributed by atoms with Crippen LogP contribution in [0.4, 0.5) is 0 Å². The van der Waals surface area contributed by atoms with E-state index in [9.17, 15) is 0 Å². The van der Waals surface area contributed by atoms with Crippen LogP contribution in [0.25, 0.3) is 43.4 Å². The maximum absolute atomic E-state index is 2.37. The van der Waals surface area contributed by atoms with Crippen LogP contribution >= 0.6 is 0 Å². The Hall–Kier alpha value is -3.90. The molecule has 2 aliphatic rings. The molecule has 0 amide bonds. The normalized spacial score (nSPS) is 14.7. The van der Waals surface area contributed by atoms with E-state index in [2.05, 4.69) is 109 Å². The molecule has 0 N–H and O–H groups in total. The van der Waals surface area contributed by atoms with Crippen LogP contribution < -0.4 is 0 Å². The highest BCUT2D eigenvalue weighted by Crippen LogP contribution is 2.61. The molecule has 8 rings (SSSR count). The molecule has 0 radical (unpaired) electrons. The Morgan fingerprint density at radius 3 is 1.26 bits per heavy atom. The number of benzene rings is 6. The van der Waals surface area contributed by atoms with Crippen LogP contribution in [0.5, 0.6) is 0 Å². The lowest BCUT2D eigenvalue weighted by atomic mass is 9.62. The van der Waals surface area contributed by atoms with E-state index in [0.29, 0.717) is 0 Å². The zero-order valence-corrected chi connectivity index (χ0v) is 16.9. The van der Waals surface area contributed by atoms with Gasteiger partial charge in [0.2, 0.25) is 0 Å². The average molecular weight is 390 g/mol. The molecule has 0 saturated heterocycles. The van der Waals surface area contributed by atoms with Gasteiger partial charge >= 0.3 is 0 Å². The second-order valence-electron chi connectivity index (χ2n) is 8.88. The van der Waals surface area contributed by atoms with Crippen LogP contribution in [0.3, 0.4) is 0 Å². The SMILES string of the molecule is c1ccc2c(c1)-c1ccccc1C21c2cccc3ccc4ccc5cccc1c5c4c23. The molecule has 6 aromatic rings. The third kappa shape index (κ3) is 1.64. The first kappa shape index (κ1) is 15.9. The van der Waals surface area contributed by atoms with Gasteiger partial charge in [-0.05, 0) is 65.7 Å². The van der Waals surface area contributed by atoms with E-state index < -0.39 is 0 Å². The topological polar surface area (TPSA) is 0 Å². The Balaban J connectivity index is 1.75. The molecule has 0 fully saturated rings. The zero-order valence-electron chi connectivity index (χ0n) is 16.9. The highest BCUT2D eigenvalue weighted by molar-refractivity contribution is 6.25. The summed E-state index contributed by atoms with van der Waals surface area (Å²) in [5.41, 5.74) is 8.08. The van der Waals surface area contributed by atoms with Gasteiger partial charge in [0.15, 0.2) is 0 Å². The molecular weight excluding hydrogens is 372 g/mol. The molecule has 0 aromatic heterocycles. The predicted molar refractivity (Wildman–Crippen MR) is 130 cm³/mol. The van der Waals surface area contributed by atoms with E-state index in [1.165, 1.54) is 65.7 Å². The first-order valence-electron chi connectivity index (χ1n) is 11.0. The van der Waals surface area contributed by atoms with Crippen LogP contribution in [0, 0.1) is 0 Å². The van der Waals surface area contributed by atoms with Crippen molar-refractivity contribution in [1.29, 1.82) is 0 Å². The van der Waals surface area contributed by atoms with Crippen molar-refractivity contribution in [3.05, 3.63) is 131 Å². The Bertz CT molecular complexity index is 1610. The van der Waals surface area contributed by atoms with Gasteiger partial charge in [-0.3, -0.25) is 0 Å². The molecule has 31 heavy (non-hydrogen) atoms. The molecule has 0 unspecified atom stereocenters. The molecule has 1 spiro atoms. The maximum atomic E-state index is 2.37. The zero-order chi connectivity index (χ0) is 20.2. The number of fused-ring (bicyclic) bond motifs is 7. The van der Waals surface area contributed by atoms with Gasteiger partial charge in [-0.15, -0.1) is 0 Å². The van der Waals surface area contributed by atoms with Crippen molar-refractivity contribution >= 4 is 32.3 Å². The van der Waals surface area contributed by atoms with Crippen molar-refractivity contribution in [2.75, 3.05) is 0 Å². The van der Waals surface area contributed by atoms with Gasteiger partial charge in [-0.1, -0.05) is 109 Å². The lowest BCUT2D eigenvalue weighted by Gasteiger charge is -2.39. The largest absolute Gasteiger partial charge is 0.0725 e. The van der Waals surface area contributed by atoms with Crippen LogP contribution in [0.1, 0.15) is 22.3 Å². The summed E-state index contributed by atoms with van der Waals surface area (Å²) in [7, 11) is 0. The molecule has 0 atom stereocenters. The fourth-order valence-electron chi connectivity index (χ4n) is 6.56. The van der Waals surface area contributed by atoms with Gasteiger partial charge in [0.1, 0.15) is 0 Å². The van der Waals surface area contributed by atoms with Crippen LogP contribution in [-0.2, 0) is 5.41 Å². The molecule has 0 aliphatic heterocycles. The number of hydrogen-bond acceptors (Lipinski definition) is 0. The lowest BCUT2D eigenvalue weighted by molar-refractivity contribution is 0.783. The standard InChI is InChI=1S/C31H18/c1-3-11-24-22(9-1)23-10-2-4-12-25(23)31(24)26-13-5-7-19-15-17-21-18-16-20-8-6-14-27(31)29(20)30(21)28(19)26/h1-18H. The highest BCUT2D eigenvalue weighted by Gasteiger charge is 2.49. The monoisotopic (exact) mass is 390 g/mol. The van der Waals surface area contributed by atoms with Crippen molar-refractivity contribution in [1.82, 2.24) is 0 Å². The third-order valence-corrected chi connectivity index (χ3v) is 7.63. The summed E-state index contributed by atoms with van der Waals surface area (Å²) in [6.07, 6.45) is 0. The van der Waals surface area contributed by atoms with Gasteiger partial charge < -0.3 is 0 Å². The average Bonchev–Trinajstić information content (AvgIpc) is 3.13. The first-order chi connectivity index (χ1) is 15.4. The van der Waals surface area contributed by atoms with E-state index >= 15 is 0 Å². The molecule has 0 saturated carbocycles. The number of hydrogen-bond donors (Lipinski definition) is 0. The summed E-state index contributed by atoms with van der Waals surface area (Å²) < 4.78 is 0. The second kappa shape index (κ2) is 5.22. The maximum Gasteiger partial charge on any atom is 0.0725 e. The number of rotatable bonds is 0. The van der Waals surface area contributed by atoms with Crippen molar-refractivity contribution in [2.24, 2.45) is 0 Å². The fourth-order valence-corrected chi connectivity index (χ4v) is 6.56. The summed E-state index contributed by atoms with van der Waals surface area (Å²) in [4.78, 5) is 0. The molecule has 0 bridgehead atoms. The van der Waals surface area contributed by atoms with E-state index in [0.717, 1.165) is 0 Å². The molecule has 2 aliphatic carbocycles. The Morgan fingerprint density at radius 1 is 0.323 bits per heavy atom. The first-order valence-corrected chi connectivity index (χ1v) is 11.0. The molecule has 0 nitrogen and oxygen atoms in total. The Morgan fingerprint density at radius 2 is 0.742 bits per heavy atom. The molecule has 142 valence electrons. The summed E-state index contributed by atoms with van der Waals surface area (Å²) >= 11 is 0. The summed E-state index contributed by atoms with van der Waals surface area (Å²) in [6.45, 7) is 0.